The third-order valence-corrected chi connectivity index (χ3v) is 3.47. The molecule has 0 aliphatic rings. The minimum atomic E-state index is -0.107. The van der Waals surface area contributed by atoms with Crippen LogP contribution in [0.2, 0.25) is 0 Å². The number of rotatable bonds is 5. The van der Waals surface area contributed by atoms with Gasteiger partial charge >= 0.3 is 5.97 Å². The Morgan fingerprint density at radius 3 is 2.80 bits per heavy atom. The molecule has 0 aliphatic carbocycles. The molecule has 0 amide bonds. The van der Waals surface area contributed by atoms with Crippen molar-refractivity contribution in [3.05, 3.63) is 21.9 Å². The van der Waals surface area contributed by atoms with E-state index >= 15 is 0 Å². The lowest BCUT2D eigenvalue weighted by molar-refractivity contribution is -0.142. The van der Waals surface area contributed by atoms with Crippen molar-refractivity contribution >= 4 is 17.3 Å². The summed E-state index contributed by atoms with van der Waals surface area (Å²) in [7, 11) is 1.46. The van der Waals surface area contributed by atoms with E-state index in [2.05, 4.69) is 13.8 Å². The summed E-state index contributed by atoms with van der Waals surface area (Å²) >= 11 is 1.69. The lowest BCUT2D eigenvalue weighted by Crippen LogP contribution is -2.14. The normalized spacial score (nSPS) is 12.5. The summed E-state index contributed by atoms with van der Waals surface area (Å²) < 4.78 is 4.85. The van der Waals surface area contributed by atoms with E-state index < -0.39 is 0 Å². The van der Waals surface area contributed by atoms with Crippen LogP contribution < -0.4 is 0 Å². The van der Waals surface area contributed by atoms with Gasteiger partial charge in [0, 0.05) is 4.88 Å². The highest BCUT2D eigenvalue weighted by Crippen LogP contribution is 2.29. The fraction of sp³-hybridized carbons (Fsp3) is 0.583. The molecule has 0 N–H and O–H groups in total. The van der Waals surface area contributed by atoms with Crippen LogP contribution >= 0.6 is 11.3 Å². The smallest absolute Gasteiger partial charge is 0.313 e. The molecule has 1 aromatic rings. The summed E-state index contributed by atoms with van der Waals surface area (Å²) in [6.07, 6.45) is 3.06. The number of aryl methyl sites for hydroxylation is 1. The van der Waals surface area contributed by atoms with Gasteiger partial charge < -0.3 is 4.74 Å². The van der Waals surface area contributed by atoms with Gasteiger partial charge in [0.1, 0.15) is 0 Å². The second kappa shape index (κ2) is 5.91. The second-order valence-corrected chi connectivity index (χ2v) is 4.77. The zero-order valence-electron chi connectivity index (χ0n) is 9.58. The van der Waals surface area contributed by atoms with Crippen LogP contribution in [0.25, 0.3) is 0 Å². The number of carbonyl (C=O) groups is 1. The van der Waals surface area contributed by atoms with Crippen LogP contribution in [0.3, 0.4) is 0 Å². The van der Waals surface area contributed by atoms with Gasteiger partial charge in [-0.1, -0.05) is 19.8 Å². The molecule has 0 fully saturated rings. The molecule has 1 unspecified atom stereocenters. The van der Waals surface area contributed by atoms with E-state index in [0.717, 1.165) is 24.8 Å². The summed E-state index contributed by atoms with van der Waals surface area (Å²) in [6.45, 7) is 4.19. The standard InChI is InChI=1S/C12H18O2S/c1-4-5-6-11(12(13)14-3)10-7-8-15-9(10)2/h7-8,11H,4-6H2,1-3H3. The highest BCUT2D eigenvalue weighted by molar-refractivity contribution is 7.10. The Bertz CT molecular complexity index is 317. The maximum Gasteiger partial charge on any atom is 0.313 e. The lowest BCUT2D eigenvalue weighted by Gasteiger charge is -2.13. The van der Waals surface area contributed by atoms with E-state index in [9.17, 15) is 4.79 Å². The number of ether oxygens (including phenoxy) is 1. The van der Waals surface area contributed by atoms with Gasteiger partial charge in [0.2, 0.25) is 0 Å². The number of unbranched alkanes of at least 4 members (excludes halogenated alkanes) is 1. The maximum absolute atomic E-state index is 11.7. The number of carbonyl (C=O) groups excluding carboxylic acids is 1. The molecule has 1 aromatic heterocycles. The Morgan fingerprint density at radius 1 is 1.60 bits per heavy atom. The molecule has 1 atom stereocenters. The highest BCUT2D eigenvalue weighted by Gasteiger charge is 2.22. The molecule has 0 bridgehead atoms. The quantitative estimate of drug-likeness (QED) is 0.718. The number of hydrogen-bond donors (Lipinski definition) is 0. The SMILES string of the molecule is CCCCC(C(=O)OC)c1ccsc1C. The van der Waals surface area contributed by atoms with Crippen molar-refractivity contribution in [2.75, 3.05) is 7.11 Å². The van der Waals surface area contributed by atoms with Gasteiger partial charge in [-0.15, -0.1) is 11.3 Å². The van der Waals surface area contributed by atoms with Crippen molar-refractivity contribution in [1.29, 1.82) is 0 Å². The first-order valence-electron chi connectivity index (χ1n) is 5.32. The van der Waals surface area contributed by atoms with Gasteiger partial charge in [-0.2, -0.15) is 0 Å². The van der Waals surface area contributed by atoms with Gasteiger partial charge in [0.05, 0.1) is 13.0 Å². The van der Waals surface area contributed by atoms with Crippen LogP contribution in [0.1, 0.15) is 42.5 Å². The molecule has 0 aliphatic heterocycles. The Morgan fingerprint density at radius 2 is 2.33 bits per heavy atom. The molecule has 15 heavy (non-hydrogen) atoms. The first-order chi connectivity index (χ1) is 7.20. The summed E-state index contributed by atoms with van der Waals surface area (Å²) in [5.74, 6) is -0.175. The average molecular weight is 226 g/mol. The first-order valence-corrected chi connectivity index (χ1v) is 6.20. The zero-order chi connectivity index (χ0) is 11.3. The maximum atomic E-state index is 11.7. The molecule has 0 aromatic carbocycles. The summed E-state index contributed by atoms with van der Waals surface area (Å²) in [6, 6.07) is 2.04. The van der Waals surface area contributed by atoms with Gasteiger partial charge in [-0.05, 0) is 30.4 Å². The number of methoxy groups -OCH3 is 1. The summed E-state index contributed by atoms with van der Waals surface area (Å²) in [4.78, 5) is 12.9. The summed E-state index contributed by atoms with van der Waals surface area (Å²) in [5.41, 5.74) is 1.14. The third kappa shape index (κ3) is 3.06. The van der Waals surface area contributed by atoms with E-state index in [1.807, 2.05) is 11.4 Å². The minimum Gasteiger partial charge on any atom is -0.469 e. The van der Waals surface area contributed by atoms with E-state index in [1.54, 1.807) is 11.3 Å². The molecule has 3 heteroatoms. The fourth-order valence-corrected chi connectivity index (χ4v) is 2.47. The first kappa shape index (κ1) is 12.2. The van der Waals surface area contributed by atoms with E-state index in [4.69, 9.17) is 4.74 Å². The van der Waals surface area contributed by atoms with Crippen LogP contribution in [-0.4, -0.2) is 13.1 Å². The summed E-state index contributed by atoms with van der Waals surface area (Å²) in [5, 5.41) is 2.03. The highest BCUT2D eigenvalue weighted by atomic mass is 32.1. The molecule has 0 saturated carbocycles. The fourth-order valence-electron chi connectivity index (χ4n) is 1.71. The number of thiophene rings is 1. The Kier molecular flexibility index (Phi) is 4.82. The van der Waals surface area contributed by atoms with Gasteiger partial charge in [0.15, 0.2) is 0 Å². The lowest BCUT2D eigenvalue weighted by atomic mass is 9.94. The predicted octanol–water partition coefficient (Wildman–Crippen LogP) is 3.50. The zero-order valence-corrected chi connectivity index (χ0v) is 10.4. The van der Waals surface area contributed by atoms with Crippen molar-refractivity contribution in [3.63, 3.8) is 0 Å². The molecule has 1 rings (SSSR count). The Balaban J connectivity index is 2.81. The molecule has 2 nitrogen and oxygen atoms in total. The van der Waals surface area contributed by atoms with Gasteiger partial charge in [-0.3, -0.25) is 4.79 Å². The number of hydrogen-bond acceptors (Lipinski definition) is 3. The van der Waals surface area contributed by atoms with Crippen LogP contribution in [0.5, 0.6) is 0 Å². The van der Waals surface area contributed by atoms with E-state index in [1.165, 1.54) is 12.0 Å². The number of esters is 1. The predicted molar refractivity (Wildman–Crippen MR) is 63.3 cm³/mol. The van der Waals surface area contributed by atoms with Crippen molar-refractivity contribution in [2.45, 2.75) is 39.0 Å². The molecular formula is C12H18O2S. The van der Waals surface area contributed by atoms with Crippen LogP contribution in [-0.2, 0) is 9.53 Å². The largest absolute Gasteiger partial charge is 0.469 e. The Hall–Kier alpha value is -0.830. The van der Waals surface area contributed by atoms with E-state index in [0.29, 0.717) is 0 Å². The van der Waals surface area contributed by atoms with Crippen LogP contribution in [0.15, 0.2) is 11.4 Å². The van der Waals surface area contributed by atoms with Crippen molar-refractivity contribution < 1.29 is 9.53 Å². The minimum absolute atomic E-state index is 0.0683. The van der Waals surface area contributed by atoms with Crippen molar-refractivity contribution in [2.24, 2.45) is 0 Å². The second-order valence-electron chi connectivity index (χ2n) is 3.65. The topological polar surface area (TPSA) is 26.3 Å². The van der Waals surface area contributed by atoms with E-state index in [-0.39, 0.29) is 11.9 Å². The van der Waals surface area contributed by atoms with Crippen molar-refractivity contribution in [3.8, 4) is 0 Å². The van der Waals surface area contributed by atoms with Crippen molar-refractivity contribution in [1.82, 2.24) is 0 Å². The molecule has 0 saturated heterocycles. The van der Waals surface area contributed by atoms with Crippen LogP contribution in [0, 0.1) is 6.92 Å². The monoisotopic (exact) mass is 226 g/mol. The molecule has 0 spiro atoms. The average Bonchev–Trinajstić information content (AvgIpc) is 2.65. The molecule has 84 valence electrons. The molecular weight excluding hydrogens is 208 g/mol. The third-order valence-electron chi connectivity index (χ3n) is 2.61. The van der Waals surface area contributed by atoms with Gasteiger partial charge in [0.25, 0.3) is 0 Å². The van der Waals surface area contributed by atoms with Gasteiger partial charge in [-0.25, -0.2) is 0 Å². The van der Waals surface area contributed by atoms with Crippen LogP contribution in [0.4, 0.5) is 0 Å². The Labute approximate surface area is 95.3 Å². The molecule has 0 radical (unpaired) electrons. The molecule has 1 heterocycles.